The zero-order chi connectivity index (χ0) is 21.1. The van der Waals surface area contributed by atoms with Crippen LogP contribution in [0.1, 0.15) is 21.9 Å². The highest BCUT2D eigenvalue weighted by Gasteiger charge is 2.18. The minimum Gasteiger partial charge on any atom is -0.451 e. The van der Waals surface area contributed by atoms with Gasteiger partial charge in [0.2, 0.25) is 0 Å². The van der Waals surface area contributed by atoms with Crippen molar-refractivity contribution in [3.05, 3.63) is 68.0 Å². The number of rotatable bonds is 5. The van der Waals surface area contributed by atoms with Gasteiger partial charge in [0.1, 0.15) is 0 Å². The predicted octanol–water partition coefficient (Wildman–Crippen LogP) is 4.75. The maximum Gasteiger partial charge on any atom is 0.359 e. The van der Waals surface area contributed by atoms with Gasteiger partial charge < -0.3 is 10.1 Å². The molecule has 0 spiro atoms. The van der Waals surface area contributed by atoms with Gasteiger partial charge in [-0.25, -0.2) is 14.5 Å². The van der Waals surface area contributed by atoms with E-state index in [1.54, 1.807) is 28.9 Å². The van der Waals surface area contributed by atoms with Crippen molar-refractivity contribution in [2.24, 2.45) is 0 Å². The number of hydrogen-bond acceptors (Lipinski definition) is 5. The lowest BCUT2D eigenvalue weighted by molar-refractivity contribution is -0.119. The number of anilines is 1. The first-order valence-corrected chi connectivity index (χ1v) is 9.91. The fourth-order valence-electron chi connectivity index (χ4n) is 2.53. The molecule has 0 saturated heterocycles. The number of nitrogens with one attached hydrogen (secondary N) is 1. The number of aromatic nitrogens is 3. The van der Waals surface area contributed by atoms with Gasteiger partial charge in [-0.1, -0.05) is 39.1 Å². The molecular weight excluding hydrogens is 483 g/mol. The summed E-state index contributed by atoms with van der Waals surface area (Å²) >= 11 is 15.4. The quantitative estimate of drug-likeness (QED) is 0.514. The number of esters is 1. The molecule has 0 aliphatic rings. The van der Waals surface area contributed by atoms with E-state index in [1.165, 1.54) is 6.07 Å². The zero-order valence-electron chi connectivity index (χ0n) is 15.4. The van der Waals surface area contributed by atoms with Gasteiger partial charge in [0.25, 0.3) is 5.91 Å². The summed E-state index contributed by atoms with van der Waals surface area (Å²) in [6.07, 6.45) is 0. The van der Waals surface area contributed by atoms with Gasteiger partial charge in [-0.15, -0.1) is 0 Å². The van der Waals surface area contributed by atoms with Gasteiger partial charge in [0.05, 0.1) is 21.4 Å². The molecule has 1 aromatic carbocycles. The Kier molecular flexibility index (Phi) is 6.56. The highest BCUT2D eigenvalue weighted by molar-refractivity contribution is 9.10. The van der Waals surface area contributed by atoms with Crippen molar-refractivity contribution in [1.29, 1.82) is 0 Å². The topological polar surface area (TPSA) is 86.1 Å². The fraction of sp³-hybridized carbons (Fsp3) is 0.158. The molecule has 3 aromatic rings. The van der Waals surface area contributed by atoms with Crippen LogP contribution in [0.3, 0.4) is 0 Å². The number of carbonyl (C=O) groups excluding carboxylic acids is 2. The molecule has 0 atom stereocenters. The maximum absolute atomic E-state index is 12.4. The van der Waals surface area contributed by atoms with Gasteiger partial charge >= 0.3 is 5.97 Å². The number of benzene rings is 1. The molecule has 0 bridgehead atoms. The lowest BCUT2D eigenvalue weighted by Gasteiger charge is -2.10. The van der Waals surface area contributed by atoms with E-state index < -0.39 is 18.5 Å². The highest BCUT2D eigenvalue weighted by atomic mass is 79.9. The number of pyridine rings is 1. The predicted molar refractivity (Wildman–Crippen MR) is 114 cm³/mol. The van der Waals surface area contributed by atoms with Crippen molar-refractivity contribution < 1.29 is 14.3 Å². The standard InChI is InChI=1S/C19H15BrCl2N4O3/c1-10-7-11(2)26(25-10)16-6-4-13(21)18(24-16)19(28)29-9-17(27)23-15-5-3-12(20)8-14(15)22/h3-8H,9H2,1-2H3,(H,23,27). The van der Waals surface area contributed by atoms with E-state index in [2.05, 4.69) is 31.3 Å². The average molecular weight is 498 g/mol. The first kappa shape index (κ1) is 21.3. The molecule has 10 heteroatoms. The van der Waals surface area contributed by atoms with Crippen LogP contribution >= 0.6 is 39.1 Å². The van der Waals surface area contributed by atoms with E-state index in [0.717, 1.165) is 15.9 Å². The van der Waals surface area contributed by atoms with Gasteiger partial charge in [-0.3, -0.25) is 4.79 Å². The third-order valence-corrected chi connectivity index (χ3v) is 4.90. The van der Waals surface area contributed by atoms with Crippen LogP contribution in [0.25, 0.3) is 5.82 Å². The summed E-state index contributed by atoms with van der Waals surface area (Å²) < 4.78 is 7.41. The Balaban J connectivity index is 1.69. The van der Waals surface area contributed by atoms with E-state index in [-0.39, 0.29) is 10.7 Å². The number of ether oxygens (including phenoxy) is 1. The molecule has 7 nitrogen and oxygen atoms in total. The number of nitrogens with zero attached hydrogens (tertiary/aromatic N) is 3. The van der Waals surface area contributed by atoms with Gasteiger partial charge in [0.15, 0.2) is 18.1 Å². The molecule has 3 rings (SSSR count). The van der Waals surface area contributed by atoms with Crippen molar-refractivity contribution in [3.8, 4) is 5.82 Å². The van der Waals surface area contributed by atoms with Gasteiger partial charge in [-0.2, -0.15) is 5.10 Å². The zero-order valence-corrected chi connectivity index (χ0v) is 18.5. The molecule has 0 aliphatic heterocycles. The normalized spacial score (nSPS) is 10.7. The van der Waals surface area contributed by atoms with Crippen LogP contribution in [0, 0.1) is 13.8 Å². The number of aryl methyl sites for hydroxylation is 2. The molecule has 0 radical (unpaired) electrons. The Morgan fingerprint density at radius 2 is 1.90 bits per heavy atom. The van der Waals surface area contributed by atoms with Crippen LogP contribution in [-0.4, -0.2) is 33.2 Å². The first-order chi connectivity index (χ1) is 13.7. The second-order valence-corrected chi connectivity index (χ2v) is 7.82. The summed E-state index contributed by atoms with van der Waals surface area (Å²) in [7, 11) is 0. The molecule has 0 fully saturated rings. The summed E-state index contributed by atoms with van der Waals surface area (Å²) in [5.41, 5.74) is 1.96. The number of carbonyl (C=O) groups is 2. The molecule has 0 unspecified atom stereocenters. The summed E-state index contributed by atoms with van der Waals surface area (Å²) in [5.74, 6) is -0.957. The minimum atomic E-state index is -0.824. The molecule has 29 heavy (non-hydrogen) atoms. The van der Waals surface area contributed by atoms with Crippen LogP contribution in [0.15, 0.2) is 40.9 Å². The summed E-state index contributed by atoms with van der Waals surface area (Å²) in [4.78, 5) is 28.7. The van der Waals surface area contributed by atoms with Crippen LogP contribution in [0.4, 0.5) is 5.69 Å². The summed E-state index contributed by atoms with van der Waals surface area (Å²) in [6.45, 7) is 3.20. The lowest BCUT2D eigenvalue weighted by Crippen LogP contribution is -2.22. The maximum atomic E-state index is 12.4. The van der Waals surface area contributed by atoms with Crippen LogP contribution in [0.5, 0.6) is 0 Å². The van der Waals surface area contributed by atoms with Crippen LogP contribution < -0.4 is 5.32 Å². The second-order valence-electron chi connectivity index (χ2n) is 6.09. The summed E-state index contributed by atoms with van der Waals surface area (Å²) in [5, 5.41) is 7.35. The SMILES string of the molecule is Cc1cc(C)n(-c2ccc(Cl)c(C(=O)OCC(=O)Nc3ccc(Br)cc3Cl)n2)n1. The van der Waals surface area contributed by atoms with E-state index in [0.29, 0.717) is 16.5 Å². The summed E-state index contributed by atoms with van der Waals surface area (Å²) in [6, 6.07) is 10.0. The Labute approximate surface area is 185 Å². The number of amides is 1. The molecule has 2 aromatic heterocycles. The Morgan fingerprint density at radius 1 is 1.14 bits per heavy atom. The van der Waals surface area contributed by atoms with E-state index in [4.69, 9.17) is 27.9 Å². The van der Waals surface area contributed by atoms with Gasteiger partial charge in [-0.05, 0) is 50.2 Å². The van der Waals surface area contributed by atoms with E-state index in [1.807, 2.05) is 19.9 Å². The van der Waals surface area contributed by atoms with Crippen molar-refractivity contribution >= 4 is 56.7 Å². The third-order valence-electron chi connectivity index (χ3n) is 3.79. The Morgan fingerprint density at radius 3 is 2.55 bits per heavy atom. The Hall–Kier alpha value is -2.42. The fourth-order valence-corrected chi connectivity index (χ4v) is 3.43. The van der Waals surface area contributed by atoms with Crippen molar-refractivity contribution in [2.45, 2.75) is 13.8 Å². The molecule has 1 N–H and O–H groups in total. The third kappa shape index (κ3) is 5.14. The molecular formula is C19H15BrCl2N4O3. The van der Waals surface area contributed by atoms with Gasteiger partial charge in [0, 0.05) is 10.2 Å². The van der Waals surface area contributed by atoms with E-state index in [9.17, 15) is 9.59 Å². The smallest absolute Gasteiger partial charge is 0.359 e. The minimum absolute atomic E-state index is 0.105. The van der Waals surface area contributed by atoms with Crippen molar-refractivity contribution in [1.82, 2.24) is 14.8 Å². The Bertz CT molecular complexity index is 1100. The van der Waals surface area contributed by atoms with Crippen LogP contribution in [-0.2, 0) is 9.53 Å². The lowest BCUT2D eigenvalue weighted by atomic mass is 10.3. The largest absolute Gasteiger partial charge is 0.451 e. The van der Waals surface area contributed by atoms with Crippen LogP contribution in [0.2, 0.25) is 10.0 Å². The molecule has 0 aliphatic carbocycles. The monoisotopic (exact) mass is 496 g/mol. The number of halogens is 3. The highest BCUT2D eigenvalue weighted by Crippen LogP contribution is 2.25. The van der Waals surface area contributed by atoms with Crippen molar-refractivity contribution in [2.75, 3.05) is 11.9 Å². The van der Waals surface area contributed by atoms with Crippen molar-refractivity contribution in [3.63, 3.8) is 0 Å². The number of hydrogen-bond donors (Lipinski definition) is 1. The van der Waals surface area contributed by atoms with E-state index >= 15 is 0 Å². The second kappa shape index (κ2) is 8.94. The molecule has 2 heterocycles. The molecule has 150 valence electrons. The molecule has 0 saturated carbocycles. The molecule has 1 amide bonds. The first-order valence-electron chi connectivity index (χ1n) is 8.37. The average Bonchev–Trinajstić information content (AvgIpc) is 3.00.